The molecule has 1 fully saturated rings. The summed E-state index contributed by atoms with van der Waals surface area (Å²) in [5.41, 5.74) is 2.97. The van der Waals surface area contributed by atoms with Crippen LogP contribution in [0.5, 0.6) is 0 Å². The monoisotopic (exact) mass is 512 g/mol. The zero-order chi connectivity index (χ0) is 23.2. The number of aromatic nitrogens is 4. The third-order valence-corrected chi connectivity index (χ3v) is 7.21. The SMILES string of the molecule is CCCC(CC)CC(=O)N1CCC(c2cc(NCc3cccnc3)n3ncc(Br)c3n2)CC1. The molecule has 1 atom stereocenters. The lowest BCUT2D eigenvalue weighted by Crippen LogP contribution is -2.38. The summed E-state index contributed by atoms with van der Waals surface area (Å²) in [5.74, 6) is 2.07. The van der Waals surface area contributed by atoms with E-state index in [1.807, 2.05) is 16.8 Å². The smallest absolute Gasteiger partial charge is 0.222 e. The van der Waals surface area contributed by atoms with Gasteiger partial charge >= 0.3 is 0 Å². The van der Waals surface area contributed by atoms with Gasteiger partial charge in [0.1, 0.15) is 5.82 Å². The molecule has 1 aliphatic rings. The quantitative estimate of drug-likeness (QED) is 0.414. The molecule has 3 aromatic rings. The number of carbonyl (C=O) groups excluding carboxylic acids is 1. The van der Waals surface area contributed by atoms with E-state index in [4.69, 9.17) is 4.98 Å². The summed E-state index contributed by atoms with van der Waals surface area (Å²) in [5, 5.41) is 7.98. The van der Waals surface area contributed by atoms with Crippen LogP contribution in [0, 0.1) is 5.92 Å². The normalized spacial score (nSPS) is 15.7. The summed E-state index contributed by atoms with van der Waals surface area (Å²) < 4.78 is 2.71. The average Bonchev–Trinajstić information content (AvgIpc) is 3.23. The third-order valence-electron chi connectivity index (χ3n) is 6.65. The number of halogens is 1. The number of hydrogen-bond donors (Lipinski definition) is 1. The minimum absolute atomic E-state index is 0.314. The molecule has 3 aromatic heterocycles. The molecular weight excluding hydrogens is 480 g/mol. The Labute approximate surface area is 204 Å². The van der Waals surface area contributed by atoms with Crippen LogP contribution in [-0.2, 0) is 11.3 Å². The van der Waals surface area contributed by atoms with Crippen LogP contribution >= 0.6 is 15.9 Å². The second kappa shape index (κ2) is 11.1. The Morgan fingerprint density at radius 1 is 1.27 bits per heavy atom. The molecule has 7 nitrogen and oxygen atoms in total. The lowest BCUT2D eigenvalue weighted by Gasteiger charge is -2.33. The van der Waals surface area contributed by atoms with Gasteiger partial charge in [-0.3, -0.25) is 9.78 Å². The fourth-order valence-electron chi connectivity index (χ4n) is 4.64. The molecule has 1 aliphatic heterocycles. The van der Waals surface area contributed by atoms with Crippen molar-refractivity contribution in [1.82, 2.24) is 24.5 Å². The van der Waals surface area contributed by atoms with Crippen LogP contribution in [0.4, 0.5) is 5.82 Å². The number of piperidine rings is 1. The Morgan fingerprint density at radius 2 is 2.09 bits per heavy atom. The Kier molecular flexibility index (Phi) is 7.96. The highest BCUT2D eigenvalue weighted by atomic mass is 79.9. The highest BCUT2D eigenvalue weighted by Crippen LogP contribution is 2.31. The lowest BCUT2D eigenvalue weighted by molar-refractivity contribution is -0.133. The Hall–Kier alpha value is -2.48. The van der Waals surface area contributed by atoms with Crippen molar-refractivity contribution < 1.29 is 4.79 Å². The van der Waals surface area contributed by atoms with Gasteiger partial charge < -0.3 is 10.2 Å². The maximum absolute atomic E-state index is 12.8. The molecule has 176 valence electrons. The van der Waals surface area contributed by atoms with Crippen molar-refractivity contribution in [3.63, 3.8) is 0 Å². The van der Waals surface area contributed by atoms with Gasteiger partial charge in [0.15, 0.2) is 5.65 Å². The largest absolute Gasteiger partial charge is 0.366 e. The highest BCUT2D eigenvalue weighted by molar-refractivity contribution is 9.10. The summed E-state index contributed by atoms with van der Waals surface area (Å²) in [7, 11) is 0. The maximum Gasteiger partial charge on any atom is 0.222 e. The van der Waals surface area contributed by atoms with Crippen LogP contribution in [0.1, 0.15) is 69.5 Å². The average molecular weight is 513 g/mol. The lowest BCUT2D eigenvalue weighted by atomic mass is 9.91. The van der Waals surface area contributed by atoms with E-state index < -0.39 is 0 Å². The molecule has 0 aromatic carbocycles. The van der Waals surface area contributed by atoms with Crippen molar-refractivity contribution in [3.8, 4) is 0 Å². The van der Waals surface area contributed by atoms with Crippen LogP contribution in [0.15, 0.2) is 41.3 Å². The van der Waals surface area contributed by atoms with Crippen molar-refractivity contribution in [2.24, 2.45) is 5.92 Å². The van der Waals surface area contributed by atoms with Crippen LogP contribution in [0.3, 0.4) is 0 Å². The summed E-state index contributed by atoms with van der Waals surface area (Å²) in [6, 6.07) is 6.10. The molecule has 1 saturated heterocycles. The first-order valence-corrected chi connectivity index (χ1v) is 12.8. The van der Waals surface area contributed by atoms with E-state index in [1.54, 1.807) is 12.4 Å². The molecule has 0 spiro atoms. The van der Waals surface area contributed by atoms with Crippen molar-refractivity contribution in [2.45, 2.75) is 64.8 Å². The number of hydrogen-bond acceptors (Lipinski definition) is 5. The number of nitrogens with zero attached hydrogens (tertiary/aromatic N) is 5. The van der Waals surface area contributed by atoms with E-state index in [0.29, 0.717) is 30.7 Å². The second-order valence-corrected chi connectivity index (χ2v) is 9.79. The number of likely N-dealkylation sites (tertiary alicyclic amines) is 1. The second-order valence-electron chi connectivity index (χ2n) is 8.93. The number of amides is 1. The van der Waals surface area contributed by atoms with E-state index in [2.05, 4.69) is 62.2 Å². The summed E-state index contributed by atoms with van der Waals surface area (Å²) in [4.78, 5) is 24.0. The molecule has 1 amide bonds. The van der Waals surface area contributed by atoms with E-state index in [0.717, 1.165) is 72.4 Å². The van der Waals surface area contributed by atoms with Gasteiger partial charge in [0.05, 0.1) is 10.7 Å². The van der Waals surface area contributed by atoms with Crippen LogP contribution < -0.4 is 5.32 Å². The van der Waals surface area contributed by atoms with Gasteiger partial charge in [0.25, 0.3) is 0 Å². The molecule has 0 aliphatic carbocycles. The van der Waals surface area contributed by atoms with Crippen LogP contribution in [0.2, 0.25) is 0 Å². The molecular formula is C25H33BrN6O. The van der Waals surface area contributed by atoms with Crippen molar-refractivity contribution in [1.29, 1.82) is 0 Å². The van der Waals surface area contributed by atoms with Gasteiger partial charge in [-0.25, -0.2) is 4.98 Å². The molecule has 8 heteroatoms. The minimum Gasteiger partial charge on any atom is -0.366 e. The predicted molar refractivity (Wildman–Crippen MR) is 134 cm³/mol. The molecule has 33 heavy (non-hydrogen) atoms. The Balaban J connectivity index is 1.45. The van der Waals surface area contributed by atoms with Crippen molar-refractivity contribution in [2.75, 3.05) is 18.4 Å². The number of carbonyl (C=O) groups is 1. The first-order chi connectivity index (χ1) is 16.1. The maximum atomic E-state index is 12.8. The fourth-order valence-corrected chi connectivity index (χ4v) is 4.99. The van der Waals surface area contributed by atoms with E-state index in [-0.39, 0.29) is 0 Å². The molecule has 0 radical (unpaired) electrons. The Morgan fingerprint density at radius 3 is 2.79 bits per heavy atom. The van der Waals surface area contributed by atoms with Gasteiger partial charge in [-0.15, -0.1) is 0 Å². The zero-order valence-electron chi connectivity index (χ0n) is 19.5. The molecule has 0 bridgehead atoms. The van der Waals surface area contributed by atoms with Gasteiger partial charge in [-0.1, -0.05) is 39.2 Å². The van der Waals surface area contributed by atoms with Crippen LogP contribution in [0.25, 0.3) is 5.65 Å². The number of fused-ring (bicyclic) bond motifs is 1. The van der Waals surface area contributed by atoms with E-state index in [1.165, 1.54) is 0 Å². The number of anilines is 1. The van der Waals surface area contributed by atoms with Crippen molar-refractivity contribution in [3.05, 3.63) is 52.5 Å². The van der Waals surface area contributed by atoms with Crippen molar-refractivity contribution >= 4 is 33.3 Å². The van der Waals surface area contributed by atoms with Gasteiger partial charge in [0.2, 0.25) is 5.91 Å². The number of rotatable bonds is 9. The number of pyridine rings is 1. The van der Waals surface area contributed by atoms with Gasteiger partial charge in [0, 0.05) is 56.1 Å². The highest BCUT2D eigenvalue weighted by Gasteiger charge is 2.27. The molecule has 4 rings (SSSR count). The molecule has 4 heterocycles. The predicted octanol–water partition coefficient (Wildman–Crippen LogP) is 5.42. The number of nitrogens with one attached hydrogen (secondary N) is 1. The molecule has 1 N–H and O–H groups in total. The topological polar surface area (TPSA) is 75.4 Å². The van der Waals surface area contributed by atoms with E-state index in [9.17, 15) is 4.79 Å². The fraction of sp³-hybridized carbons (Fsp3) is 0.520. The first kappa shape index (κ1) is 23.7. The summed E-state index contributed by atoms with van der Waals surface area (Å²) in [6.07, 6.45) is 11.3. The van der Waals surface area contributed by atoms with Gasteiger partial charge in [-0.2, -0.15) is 9.61 Å². The summed E-state index contributed by atoms with van der Waals surface area (Å²) in [6.45, 7) is 6.65. The minimum atomic E-state index is 0.314. The zero-order valence-corrected chi connectivity index (χ0v) is 21.1. The summed E-state index contributed by atoms with van der Waals surface area (Å²) >= 11 is 3.59. The Bertz CT molecular complexity index is 1060. The van der Waals surface area contributed by atoms with E-state index >= 15 is 0 Å². The van der Waals surface area contributed by atoms with Crippen LogP contribution in [-0.4, -0.2) is 43.5 Å². The molecule has 1 unspecified atom stereocenters. The standard InChI is InChI=1S/C25H33BrN6O/c1-3-6-18(4-2)13-24(33)31-11-8-20(9-12-31)22-14-23(28-16-19-7-5-10-27-15-19)32-25(30-22)21(26)17-29-32/h5,7,10,14-15,17-18,20,28H,3-4,6,8-9,11-13,16H2,1-2H3. The van der Waals surface area contributed by atoms with Gasteiger partial charge in [-0.05, 0) is 46.3 Å². The molecule has 0 saturated carbocycles. The third kappa shape index (κ3) is 5.72. The first-order valence-electron chi connectivity index (χ1n) is 12.0.